The molecule has 0 heterocycles. The van der Waals surface area contributed by atoms with Gasteiger partial charge in [0.15, 0.2) is 11.6 Å². The van der Waals surface area contributed by atoms with Crippen LogP contribution in [-0.4, -0.2) is 47.3 Å². The summed E-state index contributed by atoms with van der Waals surface area (Å²) >= 11 is 37.1. The van der Waals surface area contributed by atoms with Crippen LogP contribution in [-0.2, 0) is 19.2 Å². The summed E-state index contributed by atoms with van der Waals surface area (Å²) in [5.41, 5.74) is 2.36. The topological polar surface area (TPSA) is 200 Å². The number of carbonyl (C=O) groups excluding carboxylic acids is 6. The molecule has 2 atom stereocenters. The largest absolute Gasteiger partial charge is 0.324 e. The molecule has 20 heteroatoms. The predicted molar refractivity (Wildman–Crippen MR) is 243 cm³/mol. The molecular formula is C42H32Cl6N8O6. The Morgan fingerprint density at radius 3 is 1.19 bits per heavy atom. The van der Waals surface area contributed by atoms with Crippen molar-refractivity contribution in [2.24, 2.45) is 20.5 Å². The number of benzene rings is 5. The molecule has 0 bridgehead atoms. The molecule has 14 nitrogen and oxygen atoms in total. The van der Waals surface area contributed by atoms with Crippen LogP contribution in [0.1, 0.15) is 45.7 Å². The lowest BCUT2D eigenvalue weighted by molar-refractivity contribution is -0.127. The first-order valence-electron chi connectivity index (χ1n) is 18.0. The minimum absolute atomic E-state index is 0.00535. The molecule has 0 aliphatic heterocycles. The van der Waals surface area contributed by atoms with Gasteiger partial charge in [0.25, 0.3) is 23.6 Å². The Balaban J connectivity index is 1.27. The van der Waals surface area contributed by atoms with E-state index in [9.17, 15) is 28.8 Å². The molecule has 0 saturated heterocycles. The SMILES string of the molecule is CC(=O)C(N=Nc1cc(C(=O)Nc2cccc(Cl)c2Cl)ccc1Cl)C(=O)Nc1ccc(NC(=O)C(N=Nc2cc(C(=O)Nc3cccc(Cl)c3Cl)ccc2Cl)C(C)=O)c(C)c1C. The van der Waals surface area contributed by atoms with Crippen LogP contribution >= 0.6 is 69.6 Å². The molecule has 0 aliphatic rings. The van der Waals surface area contributed by atoms with E-state index in [-0.39, 0.29) is 75.4 Å². The van der Waals surface area contributed by atoms with Crippen LogP contribution in [0.4, 0.5) is 34.1 Å². The number of Topliss-reactive ketones (excluding diaryl/α,β-unsaturated/α-hetero) is 2. The standard InChI is InChI=1S/C42H32Cl6N8O6/c1-19-20(2)30(50-42(62)38(22(4)58)56-54-34-18-24(12-14-26(34)44)40(60)52-32-10-6-8-28(46)36(32)48)16-15-29(19)49-41(61)37(21(3)57)55-53-33-17-23(11-13-25(33)43)39(59)51-31-9-5-7-27(45)35(31)47/h5-18,37-38H,1-4H3,(H,49,61)(H,50,62)(H,51,59)(H,52,60). The Kier molecular flexibility index (Phi) is 15.9. The van der Waals surface area contributed by atoms with Gasteiger partial charge in [-0.25, -0.2) is 0 Å². The molecule has 0 radical (unpaired) electrons. The van der Waals surface area contributed by atoms with Crippen LogP contribution in [0.15, 0.2) is 105 Å². The summed E-state index contributed by atoms with van der Waals surface area (Å²) < 4.78 is 0. The van der Waals surface area contributed by atoms with Crippen molar-refractivity contribution in [1.29, 1.82) is 0 Å². The van der Waals surface area contributed by atoms with Crippen molar-refractivity contribution in [2.75, 3.05) is 21.3 Å². The number of nitrogens with zero attached hydrogens (tertiary/aromatic N) is 4. The van der Waals surface area contributed by atoms with Crippen molar-refractivity contribution < 1.29 is 28.8 Å². The maximum absolute atomic E-state index is 13.4. The lowest BCUT2D eigenvalue weighted by atomic mass is 10.0. The van der Waals surface area contributed by atoms with Gasteiger partial charge in [0.1, 0.15) is 11.4 Å². The Hall–Kier alpha value is -5.74. The second-order valence-electron chi connectivity index (χ2n) is 13.3. The monoisotopic (exact) mass is 954 g/mol. The fraction of sp³-hybridized carbons (Fsp3) is 0.143. The zero-order valence-corrected chi connectivity index (χ0v) is 37.3. The number of anilines is 4. The third-order valence-electron chi connectivity index (χ3n) is 8.95. The molecule has 2 unspecified atom stereocenters. The van der Waals surface area contributed by atoms with Gasteiger partial charge >= 0.3 is 0 Å². The second-order valence-corrected chi connectivity index (χ2v) is 15.7. The molecule has 5 aromatic rings. The molecule has 0 aromatic heterocycles. The van der Waals surface area contributed by atoms with Crippen molar-refractivity contribution in [1.82, 2.24) is 0 Å². The summed E-state index contributed by atoms with van der Waals surface area (Å²) in [6.45, 7) is 5.63. The Bertz CT molecular complexity index is 2530. The molecule has 4 amide bonds. The number of hydrogen-bond acceptors (Lipinski definition) is 10. The third kappa shape index (κ3) is 11.6. The number of hydrogen-bond donors (Lipinski definition) is 4. The average Bonchev–Trinajstić information content (AvgIpc) is 3.22. The lowest BCUT2D eigenvalue weighted by Gasteiger charge is -2.17. The van der Waals surface area contributed by atoms with E-state index in [1.807, 2.05) is 0 Å². The predicted octanol–water partition coefficient (Wildman–Crippen LogP) is 12.1. The third-order valence-corrected chi connectivity index (χ3v) is 11.2. The maximum Gasteiger partial charge on any atom is 0.258 e. The van der Waals surface area contributed by atoms with Crippen molar-refractivity contribution in [3.8, 4) is 0 Å². The van der Waals surface area contributed by atoms with E-state index in [1.165, 1.54) is 48.5 Å². The molecule has 4 N–H and O–H groups in total. The Labute approximate surface area is 384 Å². The molecule has 0 spiro atoms. The summed E-state index contributed by atoms with van der Waals surface area (Å²) in [6.07, 6.45) is 0. The van der Waals surface area contributed by atoms with E-state index < -0.39 is 47.3 Å². The van der Waals surface area contributed by atoms with Gasteiger partial charge in [0.05, 0.1) is 41.5 Å². The van der Waals surface area contributed by atoms with Crippen LogP contribution in [0.2, 0.25) is 30.1 Å². The lowest BCUT2D eigenvalue weighted by Crippen LogP contribution is -2.33. The first-order valence-corrected chi connectivity index (χ1v) is 20.3. The number of rotatable bonds is 14. The zero-order chi connectivity index (χ0) is 45.4. The van der Waals surface area contributed by atoms with E-state index in [4.69, 9.17) is 69.6 Å². The van der Waals surface area contributed by atoms with Crippen molar-refractivity contribution in [2.45, 2.75) is 39.8 Å². The highest BCUT2D eigenvalue weighted by molar-refractivity contribution is 6.44. The van der Waals surface area contributed by atoms with E-state index >= 15 is 0 Å². The molecule has 318 valence electrons. The van der Waals surface area contributed by atoms with Crippen LogP contribution in [0.5, 0.6) is 0 Å². The van der Waals surface area contributed by atoms with Crippen molar-refractivity contribution in [3.63, 3.8) is 0 Å². The highest BCUT2D eigenvalue weighted by Crippen LogP contribution is 2.34. The highest BCUT2D eigenvalue weighted by Gasteiger charge is 2.27. The molecular weight excluding hydrogens is 925 g/mol. The molecule has 0 fully saturated rings. The summed E-state index contributed by atoms with van der Waals surface area (Å²) in [5.74, 6) is -4.07. The maximum atomic E-state index is 13.4. The average molecular weight is 957 g/mol. The minimum Gasteiger partial charge on any atom is -0.324 e. The van der Waals surface area contributed by atoms with Gasteiger partial charge < -0.3 is 21.3 Å². The summed E-state index contributed by atoms with van der Waals surface area (Å²) in [6, 6.07) is 17.5. The molecule has 62 heavy (non-hydrogen) atoms. The van der Waals surface area contributed by atoms with Gasteiger partial charge in [-0.2, -0.15) is 20.5 Å². The Morgan fingerprint density at radius 2 is 0.839 bits per heavy atom. The smallest absolute Gasteiger partial charge is 0.258 e. The van der Waals surface area contributed by atoms with Crippen molar-refractivity contribution >= 4 is 139 Å². The molecule has 5 aromatic carbocycles. The fourth-order valence-electron chi connectivity index (χ4n) is 5.42. The zero-order valence-electron chi connectivity index (χ0n) is 32.7. The summed E-state index contributed by atoms with van der Waals surface area (Å²) in [5, 5.41) is 27.5. The molecule has 0 aliphatic carbocycles. The van der Waals surface area contributed by atoms with Gasteiger partial charge in [-0.3, -0.25) is 28.8 Å². The number of nitrogens with one attached hydrogen (secondary N) is 4. The number of amides is 4. The number of azo groups is 2. The highest BCUT2D eigenvalue weighted by atomic mass is 35.5. The van der Waals surface area contributed by atoms with Crippen LogP contribution in [0.25, 0.3) is 0 Å². The van der Waals surface area contributed by atoms with E-state index in [1.54, 1.807) is 50.2 Å². The summed E-state index contributed by atoms with van der Waals surface area (Å²) in [4.78, 5) is 77.9. The van der Waals surface area contributed by atoms with E-state index in [0.29, 0.717) is 11.1 Å². The van der Waals surface area contributed by atoms with Gasteiger partial charge in [0, 0.05) is 22.5 Å². The van der Waals surface area contributed by atoms with E-state index in [2.05, 4.69) is 41.7 Å². The van der Waals surface area contributed by atoms with Crippen LogP contribution < -0.4 is 21.3 Å². The Morgan fingerprint density at radius 1 is 0.468 bits per heavy atom. The number of carbonyl (C=O) groups is 6. The first kappa shape index (κ1) is 47.3. The van der Waals surface area contributed by atoms with E-state index in [0.717, 1.165) is 13.8 Å². The quantitative estimate of drug-likeness (QED) is 0.0630. The first-order chi connectivity index (χ1) is 29.4. The van der Waals surface area contributed by atoms with Gasteiger partial charge in [-0.15, -0.1) is 0 Å². The van der Waals surface area contributed by atoms with Crippen LogP contribution in [0.3, 0.4) is 0 Å². The number of halogens is 6. The van der Waals surface area contributed by atoms with Crippen LogP contribution in [0, 0.1) is 13.8 Å². The van der Waals surface area contributed by atoms with Crippen molar-refractivity contribution in [3.05, 3.63) is 137 Å². The number of ketones is 2. The second kappa shape index (κ2) is 20.9. The molecule has 5 rings (SSSR count). The summed E-state index contributed by atoms with van der Waals surface area (Å²) in [7, 11) is 0. The minimum atomic E-state index is -1.61. The van der Waals surface area contributed by atoms with Gasteiger partial charge in [-0.1, -0.05) is 81.7 Å². The van der Waals surface area contributed by atoms with Gasteiger partial charge in [0.2, 0.25) is 12.1 Å². The fourth-order valence-corrected chi connectivity index (χ4v) is 6.43. The van der Waals surface area contributed by atoms with Gasteiger partial charge in [-0.05, 0) is 112 Å². The normalized spacial score (nSPS) is 12.2. The molecule has 0 saturated carbocycles.